The molecule has 21 heavy (non-hydrogen) atoms. The molecule has 3 unspecified atom stereocenters. The molecule has 1 fully saturated rings. The van der Waals surface area contributed by atoms with Crippen LogP contribution in [0.5, 0.6) is 0 Å². The van der Waals surface area contributed by atoms with Crippen molar-refractivity contribution in [1.29, 1.82) is 0 Å². The van der Waals surface area contributed by atoms with Gasteiger partial charge in [0.15, 0.2) is 0 Å². The third-order valence-corrected chi connectivity index (χ3v) is 5.09. The minimum atomic E-state index is 0.467. The van der Waals surface area contributed by atoms with E-state index in [4.69, 9.17) is 0 Å². The molecule has 1 N–H and O–H groups in total. The first-order valence-corrected chi connectivity index (χ1v) is 8.56. The molecule has 0 saturated carbocycles. The van der Waals surface area contributed by atoms with Crippen molar-refractivity contribution in [1.82, 2.24) is 10.2 Å². The summed E-state index contributed by atoms with van der Waals surface area (Å²) < 4.78 is 0. The molecule has 118 valence electrons. The van der Waals surface area contributed by atoms with Crippen LogP contribution in [0.3, 0.4) is 0 Å². The maximum absolute atomic E-state index is 3.52. The predicted octanol–water partition coefficient (Wildman–Crippen LogP) is 4.22. The number of likely N-dealkylation sites (tertiary alicyclic amines) is 1. The van der Waals surface area contributed by atoms with Crippen LogP contribution in [0.4, 0.5) is 0 Å². The Morgan fingerprint density at radius 1 is 1.19 bits per heavy atom. The van der Waals surface area contributed by atoms with Crippen LogP contribution in [-0.4, -0.2) is 30.6 Å². The SMILES string of the molecule is CCC1CCC(C)N1CCC(NC)c1cc(C)cc(C)c1. The predicted molar refractivity (Wildman–Crippen MR) is 91.8 cm³/mol. The van der Waals surface area contributed by atoms with Gasteiger partial charge in [0.25, 0.3) is 0 Å². The largest absolute Gasteiger partial charge is 0.313 e. The van der Waals surface area contributed by atoms with Crippen molar-refractivity contribution in [2.24, 2.45) is 0 Å². The summed E-state index contributed by atoms with van der Waals surface area (Å²) in [5.74, 6) is 0. The average molecular weight is 288 g/mol. The molecule has 1 aliphatic heterocycles. The second-order valence-electron chi connectivity index (χ2n) is 6.78. The smallest absolute Gasteiger partial charge is 0.0329 e. The molecule has 1 aromatic rings. The van der Waals surface area contributed by atoms with Gasteiger partial charge in [-0.15, -0.1) is 0 Å². The lowest BCUT2D eigenvalue weighted by atomic mass is 9.99. The van der Waals surface area contributed by atoms with Gasteiger partial charge >= 0.3 is 0 Å². The number of rotatable bonds is 6. The van der Waals surface area contributed by atoms with Crippen LogP contribution < -0.4 is 5.32 Å². The summed E-state index contributed by atoms with van der Waals surface area (Å²) in [5, 5.41) is 3.52. The standard InChI is InChI=1S/C19H32N2/c1-6-18-8-7-16(4)21(18)10-9-19(20-5)17-12-14(2)11-15(3)13-17/h11-13,16,18-20H,6-10H2,1-5H3. The van der Waals surface area contributed by atoms with Crippen molar-refractivity contribution in [3.05, 3.63) is 34.9 Å². The number of hydrogen-bond donors (Lipinski definition) is 1. The van der Waals surface area contributed by atoms with Crippen molar-refractivity contribution < 1.29 is 0 Å². The molecule has 2 heteroatoms. The number of hydrogen-bond acceptors (Lipinski definition) is 2. The summed E-state index contributed by atoms with van der Waals surface area (Å²) in [6.45, 7) is 10.3. The van der Waals surface area contributed by atoms with Crippen molar-refractivity contribution in [2.75, 3.05) is 13.6 Å². The van der Waals surface area contributed by atoms with E-state index in [0.29, 0.717) is 6.04 Å². The molecule has 1 heterocycles. The normalized spacial score (nSPS) is 24.4. The summed E-state index contributed by atoms with van der Waals surface area (Å²) in [5.41, 5.74) is 4.17. The van der Waals surface area contributed by atoms with E-state index in [9.17, 15) is 0 Å². The molecule has 0 bridgehead atoms. The van der Waals surface area contributed by atoms with Crippen LogP contribution >= 0.6 is 0 Å². The van der Waals surface area contributed by atoms with Gasteiger partial charge in [-0.1, -0.05) is 36.2 Å². The first-order valence-electron chi connectivity index (χ1n) is 8.56. The van der Waals surface area contributed by atoms with Gasteiger partial charge in [-0.3, -0.25) is 4.90 Å². The Morgan fingerprint density at radius 2 is 1.86 bits per heavy atom. The fourth-order valence-corrected chi connectivity index (χ4v) is 3.93. The highest BCUT2D eigenvalue weighted by atomic mass is 15.2. The molecular weight excluding hydrogens is 256 g/mol. The minimum absolute atomic E-state index is 0.467. The van der Waals surface area contributed by atoms with E-state index in [-0.39, 0.29) is 0 Å². The van der Waals surface area contributed by atoms with Gasteiger partial charge in [-0.25, -0.2) is 0 Å². The molecule has 1 aromatic carbocycles. The fourth-order valence-electron chi connectivity index (χ4n) is 3.93. The van der Waals surface area contributed by atoms with Crippen LogP contribution in [0.1, 0.15) is 62.3 Å². The Kier molecular flexibility index (Phi) is 5.83. The Morgan fingerprint density at radius 3 is 2.43 bits per heavy atom. The highest BCUT2D eigenvalue weighted by Gasteiger charge is 2.29. The third kappa shape index (κ3) is 4.08. The van der Waals surface area contributed by atoms with E-state index >= 15 is 0 Å². The third-order valence-electron chi connectivity index (χ3n) is 5.09. The monoisotopic (exact) mass is 288 g/mol. The maximum Gasteiger partial charge on any atom is 0.0329 e. The van der Waals surface area contributed by atoms with Crippen LogP contribution in [0.2, 0.25) is 0 Å². The Hall–Kier alpha value is -0.860. The molecule has 1 aliphatic rings. The highest BCUT2D eigenvalue weighted by Crippen LogP contribution is 2.28. The zero-order chi connectivity index (χ0) is 15.4. The van der Waals surface area contributed by atoms with Gasteiger partial charge in [-0.05, 0) is 59.1 Å². The van der Waals surface area contributed by atoms with E-state index in [1.165, 1.54) is 48.9 Å². The van der Waals surface area contributed by atoms with Crippen LogP contribution in [-0.2, 0) is 0 Å². The van der Waals surface area contributed by atoms with Crippen LogP contribution in [0, 0.1) is 13.8 Å². The Bertz CT molecular complexity index is 435. The summed E-state index contributed by atoms with van der Waals surface area (Å²) in [6, 6.07) is 8.95. The zero-order valence-electron chi connectivity index (χ0n) is 14.4. The molecule has 2 nitrogen and oxygen atoms in total. The van der Waals surface area contributed by atoms with E-state index in [1.807, 2.05) is 0 Å². The molecule has 0 radical (unpaired) electrons. The Balaban J connectivity index is 2.02. The number of nitrogens with one attached hydrogen (secondary N) is 1. The molecule has 0 aliphatic carbocycles. The molecule has 3 atom stereocenters. The van der Waals surface area contributed by atoms with E-state index < -0.39 is 0 Å². The summed E-state index contributed by atoms with van der Waals surface area (Å²) >= 11 is 0. The summed E-state index contributed by atoms with van der Waals surface area (Å²) in [4.78, 5) is 2.73. The topological polar surface area (TPSA) is 15.3 Å². The quantitative estimate of drug-likeness (QED) is 0.843. The molecular formula is C19H32N2. The van der Waals surface area contributed by atoms with E-state index in [0.717, 1.165) is 12.1 Å². The van der Waals surface area contributed by atoms with Crippen LogP contribution in [0.15, 0.2) is 18.2 Å². The van der Waals surface area contributed by atoms with Gasteiger partial charge < -0.3 is 5.32 Å². The number of benzene rings is 1. The van der Waals surface area contributed by atoms with E-state index in [1.54, 1.807) is 0 Å². The lowest BCUT2D eigenvalue weighted by Crippen LogP contribution is -2.36. The van der Waals surface area contributed by atoms with E-state index in [2.05, 4.69) is 63.2 Å². The minimum Gasteiger partial charge on any atom is -0.313 e. The molecule has 2 rings (SSSR count). The van der Waals surface area contributed by atoms with Crippen molar-refractivity contribution in [2.45, 2.75) is 71.5 Å². The van der Waals surface area contributed by atoms with Crippen molar-refractivity contribution >= 4 is 0 Å². The second-order valence-corrected chi connectivity index (χ2v) is 6.78. The van der Waals surface area contributed by atoms with Gasteiger partial charge in [0, 0.05) is 24.7 Å². The number of nitrogens with zero attached hydrogens (tertiary/aromatic N) is 1. The fraction of sp³-hybridized carbons (Fsp3) is 0.684. The van der Waals surface area contributed by atoms with Gasteiger partial charge in [0.05, 0.1) is 0 Å². The van der Waals surface area contributed by atoms with Crippen molar-refractivity contribution in [3.8, 4) is 0 Å². The number of aryl methyl sites for hydroxylation is 2. The zero-order valence-corrected chi connectivity index (χ0v) is 14.4. The maximum atomic E-state index is 3.52. The molecule has 0 spiro atoms. The average Bonchev–Trinajstić information content (AvgIpc) is 2.79. The lowest BCUT2D eigenvalue weighted by Gasteiger charge is -2.29. The molecule has 1 saturated heterocycles. The van der Waals surface area contributed by atoms with Crippen molar-refractivity contribution in [3.63, 3.8) is 0 Å². The summed E-state index contributed by atoms with van der Waals surface area (Å²) in [7, 11) is 2.09. The highest BCUT2D eigenvalue weighted by molar-refractivity contribution is 5.30. The van der Waals surface area contributed by atoms with Gasteiger partial charge in [0.2, 0.25) is 0 Å². The van der Waals surface area contributed by atoms with Crippen LogP contribution in [0.25, 0.3) is 0 Å². The first kappa shape index (κ1) is 16.5. The van der Waals surface area contributed by atoms with Gasteiger partial charge in [0.1, 0.15) is 0 Å². The second kappa shape index (κ2) is 7.42. The molecule has 0 amide bonds. The summed E-state index contributed by atoms with van der Waals surface area (Å²) in [6.07, 6.45) is 5.23. The van der Waals surface area contributed by atoms with Gasteiger partial charge in [-0.2, -0.15) is 0 Å². The lowest BCUT2D eigenvalue weighted by molar-refractivity contribution is 0.189. The molecule has 0 aromatic heterocycles. The Labute approximate surface area is 130 Å². The first-order chi connectivity index (χ1) is 10.0.